The van der Waals surface area contributed by atoms with Gasteiger partial charge >= 0.3 is 0 Å². The van der Waals surface area contributed by atoms with Gasteiger partial charge in [0.15, 0.2) is 0 Å². The van der Waals surface area contributed by atoms with Crippen molar-refractivity contribution in [2.75, 3.05) is 27.2 Å². The van der Waals surface area contributed by atoms with Crippen molar-refractivity contribution in [3.63, 3.8) is 0 Å². The van der Waals surface area contributed by atoms with Crippen LogP contribution in [0.4, 0.5) is 0 Å². The van der Waals surface area contributed by atoms with Crippen molar-refractivity contribution < 1.29 is 4.79 Å². The Morgan fingerprint density at radius 1 is 1.50 bits per heavy atom. The summed E-state index contributed by atoms with van der Waals surface area (Å²) in [5.41, 5.74) is 5.43. The van der Waals surface area contributed by atoms with Gasteiger partial charge in [0, 0.05) is 26.8 Å². The molecule has 0 aliphatic rings. The lowest BCUT2D eigenvalue weighted by atomic mass is 10.4. The first-order chi connectivity index (χ1) is 7.67. The predicted octanol–water partition coefficient (Wildman–Crippen LogP) is 0.411. The van der Waals surface area contributed by atoms with Crippen LogP contribution in [0.2, 0.25) is 0 Å². The Morgan fingerprint density at radius 3 is 2.69 bits per heavy atom. The molecule has 0 aliphatic carbocycles. The van der Waals surface area contributed by atoms with Crippen LogP contribution in [-0.4, -0.2) is 49.4 Å². The molecular weight excluding hydrogens is 204 g/mol. The lowest BCUT2D eigenvalue weighted by Crippen LogP contribution is -2.40. The Labute approximate surface area is 96.9 Å². The highest BCUT2D eigenvalue weighted by Crippen LogP contribution is 1.95. The van der Waals surface area contributed by atoms with Gasteiger partial charge < -0.3 is 10.6 Å². The molecule has 90 valence electrons. The van der Waals surface area contributed by atoms with Crippen molar-refractivity contribution in [1.82, 2.24) is 9.80 Å². The average molecular weight is 224 g/mol. The van der Waals surface area contributed by atoms with E-state index in [1.54, 1.807) is 25.4 Å². The van der Waals surface area contributed by atoms with Crippen molar-refractivity contribution in [2.45, 2.75) is 6.42 Å². The Balaban J connectivity index is 4.64. The van der Waals surface area contributed by atoms with Crippen molar-refractivity contribution in [3.8, 4) is 0 Å². The third kappa shape index (κ3) is 5.31. The number of guanidine groups is 1. The quantitative estimate of drug-likeness (QED) is 0.308. The van der Waals surface area contributed by atoms with Gasteiger partial charge in [0.25, 0.3) is 0 Å². The van der Waals surface area contributed by atoms with Crippen LogP contribution in [0.5, 0.6) is 0 Å². The van der Waals surface area contributed by atoms with E-state index in [-0.39, 0.29) is 0 Å². The van der Waals surface area contributed by atoms with Crippen molar-refractivity contribution in [1.29, 1.82) is 0 Å². The maximum Gasteiger partial charge on any atom is 0.216 e. The second kappa shape index (κ2) is 8.67. The molecule has 16 heavy (non-hydrogen) atoms. The fourth-order valence-electron chi connectivity index (χ4n) is 1.11. The maximum atomic E-state index is 10.7. The highest BCUT2D eigenvalue weighted by Gasteiger charge is 2.09. The summed E-state index contributed by atoms with van der Waals surface area (Å²) in [4.78, 5) is 18.2. The second-order valence-electron chi connectivity index (χ2n) is 3.29. The van der Waals surface area contributed by atoms with Gasteiger partial charge in [-0.3, -0.25) is 9.69 Å². The molecule has 0 saturated carbocycles. The van der Waals surface area contributed by atoms with Crippen LogP contribution in [0.25, 0.3) is 0 Å². The fraction of sp³-hybridized carbons (Fsp3) is 0.455. The maximum absolute atomic E-state index is 10.7. The molecule has 0 unspecified atom stereocenters. The third-order valence-corrected chi connectivity index (χ3v) is 1.92. The SMILES string of the molecule is C=C/C=C/N=C(N(C)C=O)N(C)CCCN. The predicted molar refractivity (Wildman–Crippen MR) is 66.9 cm³/mol. The van der Waals surface area contributed by atoms with Crippen LogP contribution in [0.1, 0.15) is 6.42 Å². The smallest absolute Gasteiger partial charge is 0.216 e. The monoisotopic (exact) mass is 224 g/mol. The second-order valence-corrected chi connectivity index (χ2v) is 3.29. The number of nitrogens with zero attached hydrogens (tertiary/aromatic N) is 3. The fourth-order valence-corrected chi connectivity index (χ4v) is 1.11. The summed E-state index contributed by atoms with van der Waals surface area (Å²) >= 11 is 0. The molecule has 0 aliphatic heterocycles. The van der Waals surface area contributed by atoms with Crippen LogP contribution < -0.4 is 5.73 Å². The molecule has 0 saturated heterocycles. The Kier molecular flexibility index (Phi) is 7.79. The number of hydrogen-bond donors (Lipinski definition) is 1. The van der Waals surface area contributed by atoms with Crippen molar-refractivity contribution >= 4 is 12.4 Å². The summed E-state index contributed by atoms with van der Waals surface area (Å²) in [6.45, 7) is 4.92. The molecule has 0 radical (unpaired) electrons. The highest BCUT2D eigenvalue weighted by molar-refractivity contribution is 5.88. The van der Waals surface area contributed by atoms with E-state index in [1.807, 2.05) is 11.9 Å². The molecule has 5 nitrogen and oxygen atoms in total. The number of allylic oxidation sites excluding steroid dienone is 2. The zero-order valence-electron chi connectivity index (χ0n) is 9.97. The largest absolute Gasteiger partial charge is 0.345 e. The lowest BCUT2D eigenvalue weighted by Gasteiger charge is -2.24. The molecule has 1 amide bonds. The zero-order chi connectivity index (χ0) is 12.4. The molecular formula is C11H20N4O. The summed E-state index contributed by atoms with van der Waals surface area (Å²) in [6, 6.07) is 0. The topological polar surface area (TPSA) is 61.9 Å². The Hall–Kier alpha value is -1.62. The normalized spacial score (nSPS) is 11.6. The minimum atomic E-state index is 0.585. The molecule has 0 aromatic heterocycles. The van der Waals surface area contributed by atoms with Crippen molar-refractivity contribution in [3.05, 3.63) is 24.9 Å². The molecule has 0 bridgehead atoms. The molecule has 2 N–H and O–H groups in total. The molecule has 0 heterocycles. The average Bonchev–Trinajstić information content (AvgIpc) is 2.30. The highest BCUT2D eigenvalue weighted by atomic mass is 16.1. The Bertz CT molecular complexity index is 273. The summed E-state index contributed by atoms with van der Waals surface area (Å²) in [6.07, 6.45) is 6.51. The first-order valence-corrected chi connectivity index (χ1v) is 5.12. The molecule has 0 aromatic rings. The first-order valence-electron chi connectivity index (χ1n) is 5.12. The van der Waals surface area contributed by atoms with E-state index in [9.17, 15) is 4.79 Å². The summed E-state index contributed by atoms with van der Waals surface area (Å²) in [5, 5.41) is 0. The van der Waals surface area contributed by atoms with Gasteiger partial charge in [-0.25, -0.2) is 4.99 Å². The summed E-state index contributed by atoms with van der Waals surface area (Å²) in [7, 11) is 3.53. The third-order valence-electron chi connectivity index (χ3n) is 1.92. The van der Waals surface area contributed by atoms with Crippen LogP contribution >= 0.6 is 0 Å². The van der Waals surface area contributed by atoms with E-state index in [2.05, 4.69) is 11.6 Å². The minimum absolute atomic E-state index is 0.585. The number of nitrogens with two attached hydrogens (primary N) is 1. The number of amides is 1. The molecule has 0 atom stereocenters. The standard InChI is InChI=1S/C11H20N4O/c1-4-5-8-13-11(15(3)10-16)14(2)9-6-7-12/h4-5,8,10H,1,6-7,9,12H2,2-3H3/b8-5+,13-11?. The van der Waals surface area contributed by atoms with E-state index in [0.29, 0.717) is 12.5 Å². The van der Waals surface area contributed by atoms with Crippen LogP contribution in [0.15, 0.2) is 29.9 Å². The first kappa shape index (κ1) is 14.4. The van der Waals surface area contributed by atoms with Gasteiger partial charge in [-0.2, -0.15) is 0 Å². The summed E-state index contributed by atoms with van der Waals surface area (Å²) < 4.78 is 0. The number of carbonyl (C=O) groups excluding carboxylic acids is 1. The van der Waals surface area contributed by atoms with Gasteiger partial charge in [0.05, 0.1) is 0 Å². The van der Waals surface area contributed by atoms with Crippen molar-refractivity contribution in [2.24, 2.45) is 10.7 Å². The van der Waals surface area contributed by atoms with Crippen LogP contribution in [0.3, 0.4) is 0 Å². The molecule has 0 rings (SSSR count). The molecule has 0 fully saturated rings. The molecule has 0 spiro atoms. The molecule has 0 aromatic carbocycles. The minimum Gasteiger partial charge on any atom is -0.345 e. The van der Waals surface area contributed by atoms with E-state index in [0.717, 1.165) is 19.4 Å². The lowest BCUT2D eigenvalue weighted by molar-refractivity contribution is -0.114. The van der Waals surface area contributed by atoms with Crippen LogP contribution in [0, 0.1) is 0 Å². The number of aliphatic imine (C=N–C) groups is 1. The number of rotatable bonds is 6. The number of hydrogen-bond acceptors (Lipinski definition) is 3. The van der Waals surface area contributed by atoms with E-state index in [4.69, 9.17) is 5.73 Å². The summed E-state index contributed by atoms with van der Waals surface area (Å²) in [5.74, 6) is 0.585. The zero-order valence-corrected chi connectivity index (χ0v) is 9.97. The van der Waals surface area contributed by atoms with Gasteiger partial charge in [0.1, 0.15) is 0 Å². The van der Waals surface area contributed by atoms with E-state index in [1.165, 1.54) is 4.90 Å². The molecule has 5 heteroatoms. The van der Waals surface area contributed by atoms with Gasteiger partial charge in [-0.15, -0.1) is 0 Å². The van der Waals surface area contributed by atoms with Gasteiger partial charge in [-0.1, -0.05) is 12.7 Å². The van der Waals surface area contributed by atoms with Crippen LogP contribution in [-0.2, 0) is 4.79 Å². The van der Waals surface area contributed by atoms with E-state index >= 15 is 0 Å². The van der Waals surface area contributed by atoms with E-state index < -0.39 is 0 Å². The van der Waals surface area contributed by atoms with Gasteiger partial charge in [-0.05, 0) is 19.0 Å². The Morgan fingerprint density at radius 2 is 2.19 bits per heavy atom. The number of carbonyl (C=O) groups is 1. The van der Waals surface area contributed by atoms with Gasteiger partial charge in [0.2, 0.25) is 12.4 Å².